The molecule has 0 saturated heterocycles. The van der Waals surface area contributed by atoms with Crippen molar-refractivity contribution >= 4 is 39.9 Å². The summed E-state index contributed by atoms with van der Waals surface area (Å²) in [6, 6.07) is 12.3. The lowest BCUT2D eigenvalue weighted by molar-refractivity contribution is 0.0926. The van der Waals surface area contributed by atoms with Gasteiger partial charge in [-0.1, -0.05) is 12.1 Å². The lowest BCUT2D eigenvalue weighted by Crippen LogP contribution is -2.29. The second-order valence-electron chi connectivity index (χ2n) is 4.55. The highest BCUT2D eigenvalue weighted by Gasteiger charge is 2.36. The minimum atomic E-state index is -0.270. The van der Waals surface area contributed by atoms with Gasteiger partial charge in [-0.25, -0.2) is 4.90 Å². The largest absolute Gasteiger partial charge is 0.268 e. The van der Waals surface area contributed by atoms with Crippen LogP contribution in [0.2, 0.25) is 0 Å². The van der Waals surface area contributed by atoms with E-state index in [0.29, 0.717) is 16.8 Å². The predicted molar refractivity (Wildman–Crippen MR) is 77.2 cm³/mol. The van der Waals surface area contributed by atoms with Gasteiger partial charge in [-0.2, -0.15) is 4.37 Å². The maximum Gasteiger partial charge on any atom is 0.266 e. The zero-order chi connectivity index (χ0) is 13.7. The lowest BCUT2D eigenvalue weighted by Gasteiger charge is -2.13. The Hall–Kier alpha value is -2.53. The zero-order valence-corrected chi connectivity index (χ0v) is 11.1. The van der Waals surface area contributed by atoms with Crippen LogP contribution in [0.25, 0.3) is 10.9 Å². The van der Waals surface area contributed by atoms with Crippen LogP contribution in [0.1, 0.15) is 20.7 Å². The molecule has 0 spiro atoms. The number of carbonyl (C=O) groups excluding carboxylic acids is 2. The molecule has 5 heteroatoms. The maximum atomic E-state index is 12.4. The Kier molecular flexibility index (Phi) is 2.25. The van der Waals surface area contributed by atoms with Gasteiger partial charge >= 0.3 is 0 Å². The molecule has 0 saturated carbocycles. The molecule has 4 rings (SSSR count). The molecular weight excluding hydrogens is 272 g/mol. The molecule has 1 aliphatic heterocycles. The van der Waals surface area contributed by atoms with Crippen LogP contribution >= 0.6 is 11.5 Å². The summed E-state index contributed by atoms with van der Waals surface area (Å²) in [7, 11) is 0. The second kappa shape index (κ2) is 3.98. The summed E-state index contributed by atoms with van der Waals surface area (Å²) in [5.74, 6) is -0.540. The Balaban J connectivity index is 1.87. The normalized spacial score (nSPS) is 14.1. The molecule has 96 valence electrons. The molecule has 3 aromatic rings. The van der Waals surface area contributed by atoms with Crippen molar-refractivity contribution in [2.24, 2.45) is 0 Å². The number of rotatable bonds is 1. The Morgan fingerprint density at radius 2 is 1.65 bits per heavy atom. The van der Waals surface area contributed by atoms with E-state index < -0.39 is 0 Å². The molecular formula is C15H8N2O2S. The third kappa shape index (κ3) is 1.44. The number of amides is 2. The van der Waals surface area contributed by atoms with Gasteiger partial charge in [-0.05, 0) is 41.9 Å². The van der Waals surface area contributed by atoms with E-state index in [1.807, 2.05) is 17.5 Å². The Labute approximate surface area is 118 Å². The molecule has 0 fully saturated rings. The first-order valence-electron chi connectivity index (χ1n) is 6.08. The number of hydrogen-bond donors (Lipinski definition) is 0. The summed E-state index contributed by atoms with van der Waals surface area (Å²) in [4.78, 5) is 26.0. The van der Waals surface area contributed by atoms with E-state index in [-0.39, 0.29) is 11.8 Å². The standard InChI is InChI=1S/C15H8N2O2S/c18-14-11-3-1-2-4-12(11)15(19)17(14)10-5-6-13-9(7-10)8-20-16-13/h1-8H. The van der Waals surface area contributed by atoms with Crippen LogP contribution < -0.4 is 4.90 Å². The van der Waals surface area contributed by atoms with Gasteiger partial charge in [0.25, 0.3) is 11.8 Å². The molecule has 4 nitrogen and oxygen atoms in total. The van der Waals surface area contributed by atoms with E-state index in [4.69, 9.17) is 0 Å². The quantitative estimate of drug-likeness (QED) is 0.644. The number of imide groups is 1. The fourth-order valence-corrected chi connectivity index (χ4v) is 3.06. The summed E-state index contributed by atoms with van der Waals surface area (Å²) in [6.45, 7) is 0. The smallest absolute Gasteiger partial charge is 0.266 e. The maximum absolute atomic E-state index is 12.4. The SMILES string of the molecule is O=C1c2ccccc2C(=O)N1c1ccc2nscc2c1. The number of carbonyl (C=O) groups is 2. The monoisotopic (exact) mass is 280 g/mol. The topological polar surface area (TPSA) is 50.3 Å². The molecule has 1 aromatic heterocycles. The average molecular weight is 280 g/mol. The summed E-state index contributed by atoms with van der Waals surface area (Å²) >= 11 is 1.35. The molecule has 0 unspecified atom stereocenters. The van der Waals surface area contributed by atoms with Gasteiger partial charge in [0.05, 0.1) is 22.3 Å². The summed E-state index contributed by atoms with van der Waals surface area (Å²) in [5, 5.41) is 2.83. The van der Waals surface area contributed by atoms with Crippen molar-refractivity contribution in [2.75, 3.05) is 4.90 Å². The van der Waals surface area contributed by atoms with Gasteiger partial charge in [0.1, 0.15) is 0 Å². The van der Waals surface area contributed by atoms with E-state index >= 15 is 0 Å². The van der Waals surface area contributed by atoms with Gasteiger partial charge in [-0.15, -0.1) is 0 Å². The van der Waals surface area contributed by atoms with Crippen molar-refractivity contribution in [3.63, 3.8) is 0 Å². The van der Waals surface area contributed by atoms with Crippen molar-refractivity contribution < 1.29 is 9.59 Å². The highest BCUT2D eigenvalue weighted by molar-refractivity contribution is 7.04. The minimum Gasteiger partial charge on any atom is -0.268 e. The van der Waals surface area contributed by atoms with Gasteiger partial charge < -0.3 is 0 Å². The first kappa shape index (κ1) is 11.3. The van der Waals surface area contributed by atoms with Crippen LogP contribution in [0, 0.1) is 0 Å². The molecule has 0 aliphatic carbocycles. The van der Waals surface area contributed by atoms with Gasteiger partial charge in [0, 0.05) is 10.8 Å². The zero-order valence-electron chi connectivity index (χ0n) is 10.2. The molecule has 20 heavy (non-hydrogen) atoms. The highest BCUT2D eigenvalue weighted by atomic mass is 32.1. The molecule has 2 aromatic carbocycles. The van der Waals surface area contributed by atoms with Crippen LogP contribution in [0.3, 0.4) is 0 Å². The molecule has 0 atom stereocenters. The molecule has 0 radical (unpaired) electrons. The Morgan fingerprint density at radius 3 is 2.35 bits per heavy atom. The van der Waals surface area contributed by atoms with Gasteiger partial charge in [0.15, 0.2) is 0 Å². The Bertz CT molecular complexity index is 834. The average Bonchev–Trinajstić information content (AvgIpc) is 3.03. The molecule has 2 amide bonds. The van der Waals surface area contributed by atoms with E-state index in [2.05, 4.69) is 4.37 Å². The fourth-order valence-electron chi connectivity index (χ4n) is 2.42. The van der Waals surface area contributed by atoms with E-state index in [0.717, 1.165) is 10.9 Å². The first-order valence-corrected chi connectivity index (χ1v) is 6.91. The summed E-state index contributed by atoms with van der Waals surface area (Å²) in [5.41, 5.74) is 2.38. The third-order valence-electron chi connectivity index (χ3n) is 3.39. The van der Waals surface area contributed by atoms with Gasteiger partial charge in [0.2, 0.25) is 0 Å². The van der Waals surface area contributed by atoms with Crippen LogP contribution in [0.4, 0.5) is 5.69 Å². The predicted octanol–water partition coefficient (Wildman–Crippen LogP) is 3.10. The minimum absolute atomic E-state index is 0.270. The van der Waals surface area contributed by atoms with Crippen LogP contribution in [0.5, 0.6) is 0 Å². The summed E-state index contributed by atoms with van der Waals surface area (Å²) < 4.78 is 4.22. The van der Waals surface area contributed by atoms with E-state index in [9.17, 15) is 9.59 Å². The first-order chi connectivity index (χ1) is 9.75. The third-order valence-corrected chi connectivity index (χ3v) is 4.06. The molecule has 2 heterocycles. The van der Waals surface area contributed by atoms with Crippen LogP contribution in [-0.4, -0.2) is 16.2 Å². The van der Waals surface area contributed by atoms with Crippen molar-refractivity contribution in [1.82, 2.24) is 4.37 Å². The van der Waals surface area contributed by atoms with Crippen molar-refractivity contribution in [1.29, 1.82) is 0 Å². The summed E-state index contributed by atoms with van der Waals surface area (Å²) in [6.07, 6.45) is 0. The molecule has 1 aliphatic rings. The highest BCUT2D eigenvalue weighted by Crippen LogP contribution is 2.30. The van der Waals surface area contributed by atoms with Crippen LogP contribution in [-0.2, 0) is 0 Å². The number of benzene rings is 2. The molecule has 0 bridgehead atoms. The number of nitrogens with zero attached hydrogens (tertiary/aromatic N) is 2. The van der Waals surface area contributed by atoms with Crippen LogP contribution in [0.15, 0.2) is 47.8 Å². The number of hydrogen-bond acceptors (Lipinski definition) is 4. The van der Waals surface area contributed by atoms with Crippen molar-refractivity contribution in [3.8, 4) is 0 Å². The van der Waals surface area contributed by atoms with E-state index in [1.165, 1.54) is 16.4 Å². The van der Waals surface area contributed by atoms with Crippen molar-refractivity contribution in [2.45, 2.75) is 0 Å². The second-order valence-corrected chi connectivity index (χ2v) is 5.18. The number of fused-ring (bicyclic) bond motifs is 2. The van der Waals surface area contributed by atoms with E-state index in [1.54, 1.807) is 30.3 Å². The van der Waals surface area contributed by atoms with Crippen molar-refractivity contribution in [3.05, 3.63) is 59.0 Å². The Morgan fingerprint density at radius 1 is 0.950 bits per heavy atom. The number of anilines is 1. The van der Waals surface area contributed by atoms with Gasteiger partial charge in [-0.3, -0.25) is 9.59 Å². The lowest BCUT2D eigenvalue weighted by atomic mass is 10.1. The fraction of sp³-hybridized carbons (Fsp3) is 0. The number of aromatic nitrogens is 1. The molecule has 0 N–H and O–H groups in total.